The first-order valence-electron chi connectivity index (χ1n) is 7.14. The van der Waals surface area contributed by atoms with Crippen LogP contribution in [0.15, 0.2) is 33.7 Å². The van der Waals surface area contributed by atoms with E-state index in [0.717, 1.165) is 12.5 Å². The summed E-state index contributed by atoms with van der Waals surface area (Å²) < 4.78 is 28.5. The SMILES string of the molecule is Cn1ncc(NC2CCN(c3ccc(F)cc3F)C2)c(Br)c1=O. The Hall–Kier alpha value is -1.96. The lowest BCUT2D eigenvalue weighted by Crippen LogP contribution is -2.28. The average molecular weight is 385 g/mol. The van der Waals surface area contributed by atoms with Gasteiger partial charge in [-0.25, -0.2) is 13.5 Å². The monoisotopic (exact) mass is 384 g/mol. The summed E-state index contributed by atoms with van der Waals surface area (Å²) in [5.74, 6) is -1.16. The van der Waals surface area contributed by atoms with Crippen LogP contribution in [-0.2, 0) is 7.05 Å². The first-order valence-corrected chi connectivity index (χ1v) is 7.93. The fourth-order valence-corrected chi connectivity index (χ4v) is 3.14. The second-order valence-corrected chi connectivity index (χ2v) is 6.27. The minimum absolute atomic E-state index is 0.0460. The van der Waals surface area contributed by atoms with E-state index in [0.29, 0.717) is 28.9 Å². The zero-order chi connectivity index (χ0) is 16.6. The molecule has 1 aromatic heterocycles. The summed E-state index contributed by atoms with van der Waals surface area (Å²) in [7, 11) is 1.57. The van der Waals surface area contributed by atoms with Crippen molar-refractivity contribution in [2.45, 2.75) is 12.5 Å². The maximum absolute atomic E-state index is 13.9. The highest BCUT2D eigenvalue weighted by Gasteiger charge is 2.25. The number of rotatable bonds is 3. The minimum Gasteiger partial charge on any atom is -0.378 e. The quantitative estimate of drug-likeness (QED) is 0.883. The molecule has 1 aromatic carbocycles. The van der Waals surface area contributed by atoms with Gasteiger partial charge in [-0.3, -0.25) is 4.79 Å². The van der Waals surface area contributed by atoms with Crippen molar-refractivity contribution in [1.29, 1.82) is 0 Å². The van der Waals surface area contributed by atoms with Crippen LogP contribution in [-0.4, -0.2) is 28.9 Å². The van der Waals surface area contributed by atoms with E-state index in [1.54, 1.807) is 13.2 Å². The van der Waals surface area contributed by atoms with Crippen LogP contribution in [0.3, 0.4) is 0 Å². The summed E-state index contributed by atoms with van der Waals surface area (Å²) >= 11 is 3.27. The van der Waals surface area contributed by atoms with E-state index in [1.807, 2.05) is 4.90 Å². The summed E-state index contributed by atoms with van der Waals surface area (Å²) in [6.07, 6.45) is 2.35. The molecule has 2 aromatic rings. The van der Waals surface area contributed by atoms with Gasteiger partial charge in [0.25, 0.3) is 5.56 Å². The van der Waals surface area contributed by atoms with Gasteiger partial charge in [0.05, 0.1) is 17.6 Å². The summed E-state index contributed by atoms with van der Waals surface area (Å²) in [4.78, 5) is 13.7. The number of benzene rings is 1. The second kappa shape index (κ2) is 6.27. The Balaban J connectivity index is 1.73. The van der Waals surface area contributed by atoms with Gasteiger partial charge < -0.3 is 10.2 Å². The van der Waals surface area contributed by atoms with E-state index >= 15 is 0 Å². The molecule has 1 atom stereocenters. The molecule has 8 heteroatoms. The smallest absolute Gasteiger partial charge is 0.282 e. The van der Waals surface area contributed by atoms with Crippen LogP contribution in [0.5, 0.6) is 0 Å². The van der Waals surface area contributed by atoms with Crippen LogP contribution in [0.25, 0.3) is 0 Å². The molecule has 0 radical (unpaired) electrons. The summed E-state index contributed by atoms with van der Waals surface area (Å²) in [6.45, 7) is 1.21. The van der Waals surface area contributed by atoms with Gasteiger partial charge in [-0.15, -0.1) is 0 Å². The molecule has 3 rings (SSSR count). The third-order valence-electron chi connectivity index (χ3n) is 3.88. The number of aromatic nitrogens is 2. The third kappa shape index (κ3) is 3.21. The van der Waals surface area contributed by atoms with Gasteiger partial charge in [-0.1, -0.05) is 0 Å². The number of nitrogens with zero attached hydrogens (tertiary/aromatic N) is 3. The maximum Gasteiger partial charge on any atom is 0.282 e. The molecule has 23 heavy (non-hydrogen) atoms. The Bertz CT molecular complexity index is 796. The molecule has 0 amide bonds. The molecule has 1 N–H and O–H groups in total. The zero-order valence-electron chi connectivity index (χ0n) is 12.4. The van der Waals surface area contributed by atoms with Crippen molar-refractivity contribution in [3.8, 4) is 0 Å². The maximum atomic E-state index is 13.9. The predicted octanol–water partition coefficient (Wildman–Crippen LogP) is 2.51. The molecule has 0 saturated carbocycles. The van der Waals surface area contributed by atoms with Gasteiger partial charge in [0, 0.05) is 32.2 Å². The molecule has 0 aliphatic carbocycles. The molecule has 1 aliphatic heterocycles. The Morgan fingerprint density at radius 1 is 1.39 bits per heavy atom. The van der Waals surface area contributed by atoms with Gasteiger partial charge >= 0.3 is 0 Å². The summed E-state index contributed by atoms with van der Waals surface area (Å²) in [5.41, 5.74) is 0.769. The number of anilines is 2. The van der Waals surface area contributed by atoms with Crippen molar-refractivity contribution >= 4 is 27.3 Å². The van der Waals surface area contributed by atoms with E-state index < -0.39 is 11.6 Å². The number of halogens is 3. The molecule has 1 aliphatic rings. The fourth-order valence-electron chi connectivity index (χ4n) is 2.67. The van der Waals surface area contributed by atoms with Crippen molar-refractivity contribution in [3.63, 3.8) is 0 Å². The molecular weight excluding hydrogens is 370 g/mol. The lowest BCUT2D eigenvalue weighted by molar-refractivity contribution is 0.581. The predicted molar refractivity (Wildman–Crippen MR) is 87.8 cm³/mol. The molecule has 1 fully saturated rings. The molecule has 1 saturated heterocycles. The van der Waals surface area contributed by atoms with E-state index in [1.165, 1.54) is 16.8 Å². The Labute approximate surface area is 140 Å². The normalized spacial score (nSPS) is 17.6. The van der Waals surface area contributed by atoms with E-state index in [2.05, 4.69) is 26.3 Å². The molecule has 5 nitrogen and oxygen atoms in total. The lowest BCUT2D eigenvalue weighted by Gasteiger charge is -2.20. The standard InChI is InChI=1S/C15H15BrF2N4O/c1-21-15(23)14(16)12(7-19-21)20-10-4-5-22(8-10)13-3-2-9(17)6-11(13)18/h2-3,6-7,10,20H,4-5,8H2,1H3. The third-order valence-corrected chi connectivity index (χ3v) is 4.64. The summed E-state index contributed by atoms with van der Waals surface area (Å²) in [6, 6.07) is 3.63. The van der Waals surface area contributed by atoms with Gasteiger partial charge in [-0.05, 0) is 34.5 Å². The Morgan fingerprint density at radius 3 is 2.91 bits per heavy atom. The Morgan fingerprint density at radius 2 is 2.17 bits per heavy atom. The van der Waals surface area contributed by atoms with Crippen LogP contribution < -0.4 is 15.8 Å². The molecular formula is C15H15BrF2N4O. The number of aryl methyl sites for hydroxylation is 1. The van der Waals surface area contributed by atoms with Crippen LogP contribution in [0, 0.1) is 11.6 Å². The Kier molecular flexibility index (Phi) is 4.34. The number of nitrogens with one attached hydrogen (secondary N) is 1. The van der Waals surface area contributed by atoms with Crippen molar-refractivity contribution in [3.05, 3.63) is 50.9 Å². The van der Waals surface area contributed by atoms with Crippen molar-refractivity contribution < 1.29 is 8.78 Å². The highest BCUT2D eigenvalue weighted by atomic mass is 79.9. The fraction of sp³-hybridized carbons (Fsp3) is 0.333. The van der Waals surface area contributed by atoms with Gasteiger partial charge in [0.2, 0.25) is 0 Å². The molecule has 0 bridgehead atoms. The van der Waals surface area contributed by atoms with Crippen LogP contribution in [0.2, 0.25) is 0 Å². The van der Waals surface area contributed by atoms with Crippen LogP contribution >= 0.6 is 15.9 Å². The molecule has 1 unspecified atom stereocenters. The molecule has 2 heterocycles. The van der Waals surface area contributed by atoms with Gasteiger partial charge in [0.15, 0.2) is 0 Å². The highest BCUT2D eigenvalue weighted by Crippen LogP contribution is 2.26. The van der Waals surface area contributed by atoms with Gasteiger partial charge in [-0.2, -0.15) is 5.10 Å². The van der Waals surface area contributed by atoms with Crippen molar-refractivity contribution in [2.75, 3.05) is 23.3 Å². The average Bonchev–Trinajstić information content (AvgIpc) is 2.96. The first kappa shape index (κ1) is 15.9. The highest BCUT2D eigenvalue weighted by molar-refractivity contribution is 9.10. The van der Waals surface area contributed by atoms with Crippen LogP contribution in [0.1, 0.15) is 6.42 Å². The zero-order valence-corrected chi connectivity index (χ0v) is 14.0. The number of hydrogen-bond acceptors (Lipinski definition) is 4. The van der Waals surface area contributed by atoms with Crippen molar-refractivity contribution in [2.24, 2.45) is 7.05 Å². The lowest BCUT2D eigenvalue weighted by atomic mass is 10.2. The minimum atomic E-state index is -0.588. The van der Waals surface area contributed by atoms with Crippen LogP contribution in [0.4, 0.5) is 20.2 Å². The van der Waals surface area contributed by atoms with Gasteiger partial charge in [0.1, 0.15) is 16.1 Å². The van der Waals surface area contributed by atoms with E-state index in [4.69, 9.17) is 0 Å². The van der Waals surface area contributed by atoms with E-state index in [-0.39, 0.29) is 11.6 Å². The largest absolute Gasteiger partial charge is 0.378 e. The molecule has 0 spiro atoms. The first-order chi connectivity index (χ1) is 11.0. The second-order valence-electron chi connectivity index (χ2n) is 5.47. The van der Waals surface area contributed by atoms with Crippen molar-refractivity contribution in [1.82, 2.24) is 9.78 Å². The molecule has 122 valence electrons. The topological polar surface area (TPSA) is 50.2 Å². The van der Waals surface area contributed by atoms with E-state index in [9.17, 15) is 13.6 Å². The summed E-state index contributed by atoms with van der Waals surface area (Å²) in [5, 5.41) is 7.23. The number of hydrogen-bond donors (Lipinski definition) is 1.